The summed E-state index contributed by atoms with van der Waals surface area (Å²) in [6.45, 7) is 5.01. The van der Waals surface area contributed by atoms with E-state index in [0.717, 1.165) is 30.0 Å². The molecule has 0 unspecified atom stereocenters. The van der Waals surface area contributed by atoms with Crippen molar-refractivity contribution in [3.05, 3.63) is 54.1 Å². The second-order valence-electron chi connectivity index (χ2n) is 6.85. The largest absolute Gasteiger partial charge is 0.311 e. The van der Waals surface area contributed by atoms with Gasteiger partial charge in [-0.15, -0.1) is 16.9 Å². The molecule has 1 N–H and O–H groups in total. The van der Waals surface area contributed by atoms with Crippen LogP contribution in [0.1, 0.15) is 18.9 Å². The second kappa shape index (κ2) is 8.41. The molecule has 1 aliphatic rings. The van der Waals surface area contributed by atoms with E-state index in [4.69, 9.17) is 0 Å². The lowest BCUT2D eigenvalue weighted by Crippen LogP contribution is -2.33. The molecule has 2 aromatic carbocycles. The van der Waals surface area contributed by atoms with Gasteiger partial charge < -0.3 is 4.90 Å². The Morgan fingerprint density at radius 2 is 2.04 bits per heavy atom. The van der Waals surface area contributed by atoms with Gasteiger partial charge in [-0.1, -0.05) is 60.6 Å². The zero-order chi connectivity index (χ0) is 19.5. The summed E-state index contributed by atoms with van der Waals surface area (Å²) in [4.78, 5) is 20.5. The number of aromatic amines is 1. The third-order valence-electron chi connectivity index (χ3n) is 4.66. The molecule has 4 rings (SSSR count). The van der Waals surface area contributed by atoms with Gasteiger partial charge in [-0.05, 0) is 25.5 Å². The van der Waals surface area contributed by atoms with Crippen LogP contribution in [0.25, 0.3) is 11.4 Å². The Labute approximate surface area is 173 Å². The van der Waals surface area contributed by atoms with Gasteiger partial charge in [0.15, 0.2) is 5.82 Å². The highest BCUT2D eigenvalue weighted by atomic mass is 32.2. The first kappa shape index (κ1) is 19.1. The van der Waals surface area contributed by atoms with Gasteiger partial charge in [-0.25, -0.2) is 4.98 Å². The molecule has 1 aromatic heterocycles. The molecule has 144 valence electrons. The molecule has 0 radical (unpaired) electrons. The fourth-order valence-electron chi connectivity index (χ4n) is 3.10. The van der Waals surface area contributed by atoms with Crippen LogP contribution in [0.15, 0.2) is 58.6 Å². The van der Waals surface area contributed by atoms with Crippen molar-refractivity contribution in [1.82, 2.24) is 15.2 Å². The number of aromatic nitrogens is 3. The smallest absolute Gasteiger partial charge is 0.237 e. The predicted octanol–water partition coefficient (Wildman–Crippen LogP) is 4.79. The van der Waals surface area contributed by atoms with Crippen LogP contribution in [0.2, 0.25) is 0 Å². The summed E-state index contributed by atoms with van der Waals surface area (Å²) in [5.41, 5.74) is 3.20. The molecular formula is C21H22N4OS2. The summed E-state index contributed by atoms with van der Waals surface area (Å²) in [6.07, 6.45) is 0.980. The van der Waals surface area contributed by atoms with Crippen LogP contribution in [0, 0.1) is 6.92 Å². The maximum absolute atomic E-state index is 12.9. The number of benzene rings is 2. The Morgan fingerprint density at radius 1 is 1.25 bits per heavy atom. The van der Waals surface area contributed by atoms with Gasteiger partial charge in [-0.3, -0.25) is 9.89 Å². The Morgan fingerprint density at radius 3 is 2.86 bits per heavy atom. The number of nitrogens with zero attached hydrogens (tertiary/aromatic N) is 3. The number of aryl methyl sites for hydroxylation is 1. The maximum atomic E-state index is 12.9. The van der Waals surface area contributed by atoms with Crippen molar-refractivity contribution in [3.8, 4) is 11.4 Å². The van der Waals surface area contributed by atoms with Gasteiger partial charge in [0, 0.05) is 22.3 Å². The number of nitrogens with one attached hydrogen (secondary N) is 1. The first-order valence-corrected chi connectivity index (χ1v) is 11.1. The quantitative estimate of drug-likeness (QED) is 0.627. The van der Waals surface area contributed by atoms with Crippen molar-refractivity contribution in [1.29, 1.82) is 0 Å². The van der Waals surface area contributed by atoms with Crippen LogP contribution in [0.3, 0.4) is 0 Å². The van der Waals surface area contributed by atoms with Gasteiger partial charge in [-0.2, -0.15) is 0 Å². The van der Waals surface area contributed by atoms with Crippen LogP contribution >= 0.6 is 23.5 Å². The van der Waals surface area contributed by atoms with Crippen molar-refractivity contribution >= 4 is 35.1 Å². The van der Waals surface area contributed by atoms with E-state index in [1.165, 1.54) is 22.2 Å². The lowest BCUT2D eigenvalue weighted by molar-refractivity contribution is -0.116. The SMILES string of the molecule is Cc1ccc(-c2nc(SCC(=O)N3CC[C@H](C)Sc4ccccc43)n[nH]2)cc1. The van der Waals surface area contributed by atoms with E-state index in [0.29, 0.717) is 16.2 Å². The molecule has 7 heteroatoms. The minimum atomic E-state index is 0.0915. The van der Waals surface area contributed by atoms with E-state index in [1.54, 1.807) is 0 Å². The van der Waals surface area contributed by atoms with Crippen molar-refractivity contribution in [2.24, 2.45) is 0 Å². The van der Waals surface area contributed by atoms with Crippen molar-refractivity contribution < 1.29 is 4.79 Å². The first-order valence-electron chi connectivity index (χ1n) is 9.28. The molecule has 2 heterocycles. The highest BCUT2D eigenvalue weighted by Gasteiger charge is 2.24. The third-order valence-corrected chi connectivity index (χ3v) is 6.73. The lowest BCUT2D eigenvalue weighted by atomic mass is 10.1. The third kappa shape index (κ3) is 4.25. The lowest BCUT2D eigenvalue weighted by Gasteiger charge is -2.22. The molecule has 0 bridgehead atoms. The number of anilines is 1. The number of carbonyl (C=O) groups is 1. The van der Waals surface area contributed by atoms with E-state index < -0.39 is 0 Å². The maximum Gasteiger partial charge on any atom is 0.237 e. The summed E-state index contributed by atoms with van der Waals surface area (Å²) in [5, 5.41) is 8.31. The summed E-state index contributed by atoms with van der Waals surface area (Å²) in [6, 6.07) is 16.3. The van der Waals surface area contributed by atoms with Crippen LogP contribution in [-0.4, -0.2) is 38.6 Å². The molecule has 0 saturated heterocycles. The number of para-hydroxylation sites is 1. The average molecular weight is 411 g/mol. The highest BCUT2D eigenvalue weighted by molar-refractivity contribution is 8.00. The van der Waals surface area contributed by atoms with Crippen LogP contribution in [-0.2, 0) is 4.79 Å². The first-order chi connectivity index (χ1) is 13.6. The molecule has 0 aliphatic carbocycles. The fourth-order valence-corrected chi connectivity index (χ4v) is 4.89. The van der Waals surface area contributed by atoms with E-state index >= 15 is 0 Å². The summed E-state index contributed by atoms with van der Waals surface area (Å²) < 4.78 is 0. The zero-order valence-electron chi connectivity index (χ0n) is 15.9. The predicted molar refractivity (Wildman–Crippen MR) is 116 cm³/mol. The number of H-pyrrole nitrogens is 1. The molecule has 3 aromatic rings. The highest BCUT2D eigenvalue weighted by Crippen LogP contribution is 2.37. The Balaban J connectivity index is 1.44. The van der Waals surface area contributed by atoms with E-state index in [9.17, 15) is 4.79 Å². The molecule has 0 spiro atoms. The van der Waals surface area contributed by atoms with Crippen molar-refractivity contribution in [3.63, 3.8) is 0 Å². The second-order valence-corrected chi connectivity index (χ2v) is 9.27. The number of thioether (sulfide) groups is 2. The standard InChI is InChI=1S/C21H22N4OS2/c1-14-7-9-16(10-8-14)20-22-21(24-23-20)27-13-19(26)25-12-11-15(2)28-18-6-4-3-5-17(18)25/h3-10,15H,11-13H2,1-2H3,(H,22,23,24)/t15-/m0/s1. The van der Waals surface area contributed by atoms with Gasteiger partial charge in [0.2, 0.25) is 11.1 Å². The molecule has 1 atom stereocenters. The van der Waals surface area contributed by atoms with Gasteiger partial charge in [0.25, 0.3) is 0 Å². The van der Waals surface area contributed by atoms with Crippen molar-refractivity contribution in [2.45, 2.75) is 35.6 Å². The van der Waals surface area contributed by atoms with Crippen LogP contribution in [0.4, 0.5) is 5.69 Å². The van der Waals surface area contributed by atoms with E-state index in [2.05, 4.69) is 35.1 Å². The summed E-state index contributed by atoms with van der Waals surface area (Å²) in [5.74, 6) is 1.13. The zero-order valence-corrected chi connectivity index (χ0v) is 17.5. The molecule has 28 heavy (non-hydrogen) atoms. The number of amides is 1. The minimum absolute atomic E-state index is 0.0915. The topological polar surface area (TPSA) is 61.9 Å². The van der Waals surface area contributed by atoms with E-state index in [-0.39, 0.29) is 5.91 Å². The molecule has 1 aliphatic heterocycles. The van der Waals surface area contributed by atoms with Crippen molar-refractivity contribution in [2.75, 3.05) is 17.2 Å². The monoisotopic (exact) mass is 410 g/mol. The van der Waals surface area contributed by atoms with Gasteiger partial charge in [0.05, 0.1) is 11.4 Å². The molecule has 0 saturated carbocycles. The summed E-state index contributed by atoms with van der Waals surface area (Å²) >= 11 is 3.21. The number of carbonyl (C=O) groups excluding carboxylic acids is 1. The fraction of sp³-hybridized carbons (Fsp3) is 0.286. The minimum Gasteiger partial charge on any atom is -0.311 e. The average Bonchev–Trinajstić information content (AvgIpc) is 3.10. The van der Waals surface area contributed by atoms with Gasteiger partial charge in [0.1, 0.15) is 0 Å². The van der Waals surface area contributed by atoms with Gasteiger partial charge >= 0.3 is 0 Å². The Kier molecular flexibility index (Phi) is 5.73. The molecule has 5 nitrogen and oxygen atoms in total. The van der Waals surface area contributed by atoms with Crippen LogP contribution < -0.4 is 4.90 Å². The number of rotatable bonds is 4. The Bertz CT molecular complexity index is 971. The summed E-state index contributed by atoms with van der Waals surface area (Å²) in [7, 11) is 0. The molecule has 0 fully saturated rings. The number of hydrogen-bond donors (Lipinski definition) is 1. The molecular weight excluding hydrogens is 388 g/mol. The number of fused-ring (bicyclic) bond motifs is 1. The molecule has 1 amide bonds. The normalized spacial score (nSPS) is 16.5. The van der Waals surface area contributed by atoms with E-state index in [1.807, 2.05) is 59.1 Å². The Hall–Kier alpha value is -2.25. The number of hydrogen-bond acceptors (Lipinski definition) is 5. The van der Waals surface area contributed by atoms with Crippen LogP contribution in [0.5, 0.6) is 0 Å².